The monoisotopic (exact) mass is 451 g/mol. The molecule has 0 saturated heterocycles. The number of aryl methyl sites for hydroxylation is 1. The van der Waals surface area contributed by atoms with Crippen molar-refractivity contribution in [3.05, 3.63) is 102 Å². The molecule has 0 unspecified atom stereocenters. The number of carbonyl (C=O) groups is 2. The number of hydrogen-bond donors (Lipinski definition) is 2. The first-order valence-corrected chi connectivity index (χ1v) is 11.4. The van der Waals surface area contributed by atoms with E-state index in [1.807, 2.05) is 67.6 Å². The van der Waals surface area contributed by atoms with Gasteiger partial charge in [0, 0.05) is 7.05 Å². The molecule has 0 bridgehead atoms. The number of rotatable bonds is 7. The zero-order valence-corrected chi connectivity index (χ0v) is 18.7. The van der Waals surface area contributed by atoms with Crippen molar-refractivity contribution in [1.29, 1.82) is 0 Å². The van der Waals surface area contributed by atoms with Gasteiger partial charge in [0.15, 0.2) is 0 Å². The van der Waals surface area contributed by atoms with Crippen LogP contribution in [0.15, 0.2) is 89.8 Å². The van der Waals surface area contributed by atoms with Crippen molar-refractivity contribution in [1.82, 2.24) is 15.2 Å². The molecule has 0 aliphatic carbocycles. The number of nitrogens with one attached hydrogen (secondary N) is 2. The largest absolute Gasteiger partial charge is 0.272 e. The number of amides is 2. The molecular formula is C24H25N3O4S. The van der Waals surface area contributed by atoms with Gasteiger partial charge in [0.25, 0.3) is 5.91 Å². The number of likely N-dealkylation sites (N-methyl/N-ethyl adjacent to an activating group) is 1. The first-order chi connectivity index (χ1) is 15.3. The Balaban J connectivity index is 1.66. The Morgan fingerprint density at radius 3 is 1.81 bits per heavy atom. The molecule has 2 amide bonds. The van der Waals surface area contributed by atoms with Crippen LogP contribution in [0.2, 0.25) is 0 Å². The van der Waals surface area contributed by atoms with Gasteiger partial charge in [-0.1, -0.05) is 78.4 Å². The maximum Gasteiger partial charge on any atom is 0.253 e. The van der Waals surface area contributed by atoms with Crippen molar-refractivity contribution in [2.75, 3.05) is 13.6 Å². The lowest BCUT2D eigenvalue weighted by molar-refractivity contribution is -0.129. The fourth-order valence-electron chi connectivity index (χ4n) is 3.21. The number of carbonyl (C=O) groups excluding carboxylic acids is 2. The molecule has 0 atom stereocenters. The molecule has 0 radical (unpaired) electrons. The molecule has 8 heteroatoms. The second-order valence-corrected chi connectivity index (χ2v) is 9.41. The third-order valence-electron chi connectivity index (χ3n) is 4.95. The number of hydrogen-bond acceptors (Lipinski definition) is 4. The zero-order chi connectivity index (χ0) is 23.1. The summed E-state index contributed by atoms with van der Waals surface area (Å²) in [5, 5.41) is 0. The van der Waals surface area contributed by atoms with Gasteiger partial charge in [-0.25, -0.2) is 8.42 Å². The average molecular weight is 452 g/mol. The summed E-state index contributed by atoms with van der Waals surface area (Å²) < 4.78 is 26.2. The lowest BCUT2D eigenvalue weighted by Crippen LogP contribution is -2.48. The van der Waals surface area contributed by atoms with Crippen LogP contribution in [0.25, 0.3) is 0 Å². The number of hydrazine groups is 1. The maximum atomic E-state index is 12.9. The van der Waals surface area contributed by atoms with Gasteiger partial charge < -0.3 is 0 Å². The fourth-order valence-corrected chi connectivity index (χ4v) is 4.33. The third kappa shape index (κ3) is 5.60. The van der Waals surface area contributed by atoms with Gasteiger partial charge in [-0.05, 0) is 30.2 Å². The molecule has 3 rings (SSSR count). The summed E-state index contributed by atoms with van der Waals surface area (Å²) in [5.74, 6) is -1.72. The van der Waals surface area contributed by atoms with Crippen LogP contribution in [0, 0.1) is 6.92 Å². The zero-order valence-electron chi connectivity index (χ0n) is 17.9. The van der Waals surface area contributed by atoms with Crippen molar-refractivity contribution in [2.24, 2.45) is 0 Å². The molecule has 0 heterocycles. The SMILES string of the molecule is Cc1ccc(S(=O)(=O)N(C)CC(=O)NNC(=O)C(c2ccccc2)c2ccccc2)cc1. The minimum absolute atomic E-state index is 0.0932. The van der Waals surface area contributed by atoms with Gasteiger partial charge in [0.05, 0.1) is 17.4 Å². The predicted molar refractivity (Wildman–Crippen MR) is 122 cm³/mol. The van der Waals surface area contributed by atoms with Gasteiger partial charge in [-0.2, -0.15) is 4.31 Å². The summed E-state index contributed by atoms with van der Waals surface area (Å²) >= 11 is 0. The minimum atomic E-state index is -3.83. The Hall–Kier alpha value is -3.49. The second kappa shape index (κ2) is 10.2. The molecule has 3 aromatic carbocycles. The highest BCUT2D eigenvalue weighted by Crippen LogP contribution is 2.24. The standard InChI is InChI=1S/C24H25N3O4S/c1-18-13-15-21(16-14-18)32(30,31)27(2)17-22(28)25-26-24(29)23(19-9-5-3-6-10-19)20-11-7-4-8-12-20/h3-16,23H,17H2,1-2H3,(H,25,28)(H,26,29). The van der Waals surface area contributed by atoms with Crippen LogP contribution in [0.5, 0.6) is 0 Å². The van der Waals surface area contributed by atoms with Crippen molar-refractivity contribution in [3.63, 3.8) is 0 Å². The van der Waals surface area contributed by atoms with Crippen LogP contribution in [-0.2, 0) is 19.6 Å². The highest BCUT2D eigenvalue weighted by Gasteiger charge is 2.25. The first kappa shape index (κ1) is 23.2. The van der Waals surface area contributed by atoms with Crippen LogP contribution in [0.3, 0.4) is 0 Å². The quantitative estimate of drug-likeness (QED) is 0.540. The first-order valence-electron chi connectivity index (χ1n) is 10.0. The molecule has 2 N–H and O–H groups in total. The van der Waals surface area contributed by atoms with E-state index in [2.05, 4.69) is 10.9 Å². The number of sulfonamides is 1. The molecular weight excluding hydrogens is 426 g/mol. The summed E-state index contributed by atoms with van der Waals surface area (Å²) in [6, 6.07) is 24.8. The van der Waals surface area contributed by atoms with E-state index in [-0.39, 0.29) is 4.90 Å². The van der Waals surface area contributed by atoms with Crippen LogP contribution in [0.1, 0.15) is 22.6 Å². The average Bonchev–Trinajstić information content (AvgIpc) is 2.79. The second-order valence-electron chi connectivity index (χ2n) is 7.37. The van der Waals surface area contributed by atoms with E-state index in [0.29, 0.717) is 0 Å². The predicted octanol–water partition coefficient (Wildman–Crippen LogP) is 2.60. The van der Waals surface area contributed by atoms with Gasteiger partial charge >= 0.3 is 0 Å². The van der Waals surface area contributed by atoms with E-state index < -0.39 is 34.3 Å². The normalized spacial score (nSPS) is 11.4. The van der Waals surface area contributed by atoms with Gasteiger partial charge in [0.2, 0.25) is 15.9 Å². The molecule has 0 aliphatic heterocycles. The van der Waals surface area contributed by atoms with Crippen molar-refractivity contribution in [3.8, 4) is 0 Å². The molecule has 32 heavy (non-hydrogen) atoms. The summed E-state index contributed by atoms with van der Waals surface area (Å²) in [7, 11) is -2.52. The summed E-state index contributed by atoms with van der Waals surface area (Å²) in [6.07, 6.45) is 0. The van der Waals surface area contributed by atoms with E-state index in [9.17, 15) is 18.0 Å². The Labute approximate surface area is 188 Å². The lowest BCUT2D eigenvalue weighted by Gasteiger charge is -2.20. The van der Waals surface area contributed by atoms with Crippen molar-refractivity contribution < 1.29 is 18.0 Å². The summed E-state index contributed by atoms with van der Waals surface area (Å²) in [4.78, 5) is 25.4. The van der Waals surface area contributed by atoms with E-state index >= 15 is 0 Å². The van der Waals surface area contributed by atoms with E-state index in [1.54, 1.807) is 12.1 Å². The Bertz CT molecular complexity index is 1130. The Kier molecular flexibility index (Phi) is 7.40. The Morgan fingerprint density at radius 1 is 0.812 bits per heavy atom. The molecule has 0 saturated carbocycles. The number of benzene rings is 3. The van der Waals surface area contributed by atoms with Crippen LogP contribution in [-0.4, -0.2) is 38.1 Å². The molecule has 0 fully saturated rings. The van der Waals surface area contributed by atoms with Crippen molar-refractivity contribution in [2.45, 2.75) is 17.7 Å². The highest BCUT2D eigenvalue weighted by molar-refractivity contribution is 7.89. The van der Waals surface area contributed by atoms with Crippen LogP contribution >= 0.6 is 0 Å². The van der Waals surface area contributed by atoms with Gasteiger partial charge in [-0.15, -0.1) is 0 Å². The Morgan fingerprint density at radius 2 is 1.31 bits per heavy atom. The minimum Gasteiger partial charge on any atom is -0.272 e. The van der Waals surface area contributed by atoms with E-state index in [4.69, 9.17) is 0 Å². The molecule has 0 aromatic heterocycles. The maximum absolute atomic E-state index is 12.9. The van der Waals surface area contributed by atoms with Gasteiger partial charge in [-0.3, -0.25) is 20.4 Å². The molecule has 3 aromatic rings. The van der Waals surface area contributed by atoms with Gasteiger partial charge in [0.1, 0.15) is 0 Å². The summed E-state index contributed by atoms with van der Waals surface area (Å²) in [6.45, 7) is 1.41. The topological polar surface area (TPSA) is 95.6 Å². The van der Waals surface area contributed by atoms with Crippen LogP contribution in [0.4, 0.5) is 0 Å². The molecule has 0 aliphatic rings. The van der Waals surface area contributed by atoms with E-state index in [1.165, 1.54) is 19.2 Å². The molecule has 166 valence electrons. The summed E-state index contributed by atoms with van der Waals surface area (Å²) in [5.41, 5.74) is 7.21. The highest BCUT2D eigenvalue weighted by atomic mass is 32.2. The lowest BCUT2D eigenvalue weighted by atomic mass is 9.91. The van der Waals surface area contributed by atoms with E-state index in [0.717, 1.165) is 21.0 Å². The van der Waals surface area contributed by atoms with Crippen LogP contribution < -0.4 is 10.9 Å². The fraction of sp³-hybridized carbons (Fsp3) is 0.167. The molecule has 0 spiro atoms. The smallest absolute Gasteiger partial charge is 0.253 e. The molecule has 7 nitrogen and oxygen atoms in total. The number of nitrogens with zero attached hydrogens (tertiary/aromatic N) is 1. The third-order valence-corrected chi connectivity index (χ3v) is 6.77. The van der Waals surface area contributed by atoms with Crippen molar-refractivity contribution >= 4 is 21.8 Å².